The largest absolute Gasteiger partial charge is 0.327 e. The molecule has 1 saturated carbocycles. The lowest BCUT2D eigenvalue weighted by Gasteiger charge is -2.29. The summed E-state index contributed by atoms with van der Waals surface area (Å²) in [5.74, 6) is 2.26. The second-order valence-electron chi connectivity index (χ2n) is 7.78. The van der Waals surface area contributed by atoms with E-state index in [1.807, 2.05) is 0 Å². The third kappa shape index (κ3) is 7.60. The number of nitrogens with two attached hydrogens (primary N) is 1. The van der Waals surface area contributed by atoms with Crippen molar-refractivity contribution >= 4 is 0 Å². The smallest absolute Gasteiger partial charge is 0.0308 e. The van der Waals surface area contributed by atoms with Gasteiger partial charge in [0.15, 0.2) is 0 Å². The molecule has 4 atom stereocenters. The van der Waals surface area contributed by atoms with Crippen molar-refractivity contribution in [3.63, 3.8) is 0 Å². The molecule has 22 heavy (non-hydrogen) atoms. The Morgan fingerprint density at radius 3 is 2.55 bits per heavy atom. The number of rotatable bonds is 7. The molecule has 0 bridgehead atoms. The van der Waals surface area contributed by atoms with Crippen LogP contribution in [0.25, 0.3) is 0 Å². The van der Waals surface area contributed by atoms with Crippen LogP contribution in [0.4, 0.5) is 0 Å². The molecule has 2 heteroatoms. The molecule has 3 N–H and O–H groups in total. The minimum atomic E-state index is 0.214. The van der Waals surface area contributed by atoms with E-state index in [2.05, 4.69) is 58.2 Å². The van der Waals surface area contributed by atoms with E-state index in [0.29, 0.717) is 12.0 Å². The first-order valence-electron chi connectivity index (χ1n) is 9.24. The summed E-state index contributed by atoms with van der Waals surface area (Å²) >= 11 is 0. The van der Waals surface area contributed by atoms with Crippen molar-refractivity contribution in [3.05, 3.63) is 23.8 Å². The highest BCUT2D eigenvalue weighted by atomic mass is 14.9. The van der Waals surface area contributed by atoms with Gasteiger partial charge in [0.05, 0.1) is 0 Å². The van der Waals surface area contributed by atoms with E-state index in [1.165, 1.54) is 37.7 Å². The molecule has 0 aromatic carbocycles. The Hall–Kier alpha value is -0.600. The van der Waals surface area contributed by atoms with Crippen LogP contribution in [-0.2, 0) is 0 Å². The molecular formula is C20H38N2. The first-order chi connectivity index (χ1) is 10.4. The van der Waals surface area contributed by atoms with Gasteiger partial charge in [-0.2, -0.15) is 0 Å². The summed E-state index contributed by atoms with van der Waals surface area (Å²) in [5.41, 5.74) is 7.42. The van der Waals surface area contributed by atoms with Gasteiger partial charge in [0.1, 0.15) is 0 Å². The quantitative estimate of drug-likeness (QED) is 0.530. The van der Waals surface area contributed by atoms with Crippen molar-refractivity contribution in [2.45, 2.75) is 78.8 Å². The van der Waals surface area contributed by atoms with Gasteiger partial charge in [-0.25, -0.2) is 0 Å². The standard InChI is InChI=1S/C20H38N2/c1-15(2)8-6-10-17(4)20(22-14-18(5)21)19-11-7-9-16(3)12-13-19/h6,8,10,15-16,18-20,22H,7,9,11-14,21H2,1-5H3/b8-6-,17-10+/t16-,18-,19?,20?/m0/s1. The van der Waals surface area contributed by atoms with Crippen molar-refractivity contribution in [3.8, 4) is 0 Å². The lowest BCUT2D eigenvalue weighted by atomic mass is 9.86. The molecule has 0 aromatic heterocycles. The van der Waals surface area contributed by atoms with E-state index in [1.54, 1.807) is 0 Å². The summed E-state index contributed by atoms with van der Waals surface area (Å²) in [6.45, 7) is 12.1. The summed E-state index contributed by atoms with van der Waals surface area (Å²) < 4.78 is 0. The van der Waals surface area contributed by atoms with Crippen molar-refractivity contribution in [2.24, 2.45) is 23.5 Å². The topological polar surface area (TPSA) is 38.0 Å². The number of allylic oxidation sites excluding steroid dienone is 3. The molecule has 128 valence electrons. The van der Waals surface area contributed by atoms with Crippen LogP contribution in [0.2, 0.25) is 0 Å². The average Bonchev–Trinajstić information content (AvgIpc) is 2.63. The number of hydrogen-bond acceptors (Lipinski definition) is 2. The molecule has 0 saturated heterocycles. The molecule has 2 unspecified atom stereocenters. The highest BCUT2D eigenvalue weighted by Gasteiger charge is 2.25. The van der Waals surface area contributed by atoms with Gasteiger partial charge in [-0.1, -0.05) is 63.8 Å². The van der Waals surface area contributed by atoms with Gasteiger partial charge in [-0.3, -0.25) is 0 Å². The summed E-state index contributed by atoms with van der Waals surface area (Å²) in [5, 5.41) is 3.74. The molecule has 2 nitrogen and oxygen atoms in total. The highest BCUT2D eigenvalue weighted by Crippen LogP contribution is 2.31. The summed E-state index contributed by atoms with van der Waals surface area (Å²) in [6.07, 6.45) is 13.6. The van der Waals surface area contributed by atoms with E-state index in [9.17, 15) is 0 Å². The van der Waals surface area contributed by atoms with Gasteiger partial charge in [0.2, 0.25) is 0 Å². The molecule has 0 heterocycles. The highest BCUT2D eigenvalue weighted by molar-refractivity contribution is 5.17. The maximum atomic E-state index is 5.97. The Labute approximate surface area is 138 Å². The monoisotopic (exact) mass is 306 g/mol. The van der Waals surface area contributed by atoms with Crippen molar-refractivity contribution in [1.29, 1.82) is 0 Å². The average molecular weight is 307 g/mol. The third-order valence-corrected chi connectivity index (χ3v) is 4.78. The fraction of sp³-hybridized carbons (Fsp3) is 0.800. The molecule has 0 amide bonds. The molecule has 1 aliphatic rings. The van der Waals surface area contributed by atoms with E-state index in [0.717, 1.165) is 18.4 Å². The molecular weight excluding hydrogens is 268 g/mol. The summed E-state index contributed by atoms with van der Waals surface area (Å²) in [7, 11) is 0. The van der Waals surface area contributed by atoms with Crippen LogP contribution in [0.1, 0.15) is 66.7 Å². The van der Waals surface area contributed by atoms with Crippen LogP contribution >= 0.6 is 0 Å². The molecule has 0 aromatic rings. The van der Waals surface area contributed by atoms with Gasteiger partial charge in [-0.15, -0.1) is 0 Å². The Morgan fingerprint density at radius 1 is 1.18 bits per heavy atom. The maximum Gasteiger partial charge on any atom is 0.0308 e. The fourth-order valence-electron chi connectivity index (χ4n) is 3.39. The van der Waals surface area contributed by atoms with Crippen LogP contribution < -0.4 is 11.1 Å². The van der Waals surface area contributed by atoms with Gasteiger partial charge in [0.25, 0.3) is 0 Å². The van der Waals surface area contributed by atoms with Crippen molar-refractivity contribution < 1.29 is 0 Å². The van der Waals surface area contributed by atoms with Gasteiger partial charge < -0.3 is 11.1 Å². The van der Waals surface area contributed by atoms with Crippen LogP contribution in [0.15, 0.2) is 23.8 Å². The van der Waals surface area contributed by atoms with Gasteiger partial charge in [-0.05, 0) is 44.4 Å². The van der Waals surface area contributed by atoms with Gasteiger partial charge >= 0.3 is 0 Å². The lowest BCUT2D eigenvalue weighted by Crippen LogP contribution is -2.42. The van der Waals surface area contributed by atoms with Crippen LogP contribution in [0.5, 0.6) is 0 Å². The molecule has 1 rings (SSSR count). The Balaban J connectivity index is 2.77. The third-order valence-electron chi connectivity index (χ3n) is 4.78. The molecule has 0 aliphatic heterocycles. The first-order valence-corrected chi connectivity index (χ1v) is 9.24. The van der Waals surface area contributed by atoms with Crippen molar-refractivity contribution in [2.75, 3.05) is 6.54 Å². The van der Waals surface area contributed by atoms with Crippen LogP contribution in [0, 0.1) is 17.8 Å². The fourth-order valence-corrected chi connectivity index (χ4v) is 3.39. The molecule has 1 aliphatic carbocycles. The van der Waals surface area contributed by atoms with Gasteiger partial charge in [0, 0.05) is 18.6 Å². The van der Waals surface area contributed by atoms with E-state index in [-0.39, 0.29) is 6.04 Å². The van der Waals surface area contributed by atoms with Crippen LogP contribution in [-0.4, -0.2) is 18.6 Å². The number of hydrogen-bond donors (Lipinski definition) is 2. The Morgan fingerprint density at radius 2 is 1.91 bits per heavy atom. The zero-order valence-corrected chi connectivity index (χ0v) is 15.4. The minimum absolute atomic E-state index is 0.214. The minimum Gasteiger partial charge on any atom is -0.327 e. The Bertz CT molecular complexity index is 355. The molecule has 0 radical (unpaired) electrons. The molecule has 1 fully saturated rings. The van der Waals surface area contributed by atoms with Crippen LogP contribution in [0.3, 0.4) is 0 Å². The second kappa shape index (κ2) is 10.2. The van der Waals surface area contributed by atoms with E-state index < -0.39 is 0 Å². The molecule has 0 spiro atoms. The summed E-state index contributed by atoms with van der Waals surface area (Å²) in [6, 6.07) is 0.694. The zero-order valence-electron chi connectivity index (χ0n) is 15.4. The maximum absolute atomic E-state index is 5.97. The van der Waals surface area contributed by atoms with Crippen molar-refractivity contribution in [1.82, 2.24) is 5.32 Å². The summed E-state index contributed by atoms with van der Waals surface area (Å²) in [4.78, 5) is 0. The first kappa shape index (κ1) is 19.4. The predicted molar refractivity (Wildman–Crippen MR) is 98.9 cm³/mol. The SMILES string of the molecule is C/C(=C\C=C/C(C)C)C(NC[C@H](C)N)C1CCC[C@H](C)CC1. The normalized spacial score (nSPS) is 27.1. The zero-order chi connectivity index (χ0) is 16.5. The Kier molecular flexibility index (Phi) is 9.04. The van der Waals surface area contributed by atoms with E-state index in [4.69, 9.17) is 5.73 Å². The predicted octanol–water partition coefficient (Wildman–Crippen LogP) is 4.67. The lowest BCUT2D eigenvalue weighted by molar-refractivity contribution is 0.343. The van der Waals surface area contributed by atoms with E-state index >= 15 is 0 Å². The number of nitrogens with one attached hydrogen (secondary N) is 1. The second-order valence-corrected chi connectivity index (χ2v) is 7.78.